The first-order valence-electron chi connectivity index (χ1n) is 9.82. The Morgan fingerprint density at radius 2 is 1.81 bits per heavy atom. The van der Waals surface area contributed by atoms with E-state index in [9.17, 15) is 0 Å². The lowest BCUT2D eigenvalue weighted by atomic mass is 10.00. The normalized spacial score (nSPS) is 21.3. The van der Waals surface area contributed by atoms with Gasteiger partial charge < -0.3 is 14.4 Å². The maximum atomic E-state index is 5.66. The van der Waals surface area contributed by atoms with Crippen LogP contribution in [0.1, 0.15) is 44.3 Å². The summed E-state index contributed by atoms with van der Waals surface area (Å²) in [6.45, 7) is 9.65. The Labute approximate surface area is 155 Å². The summed E-state index contributed by atoms with van der Waals surface area (Å²) in [6.07, 6.45) is 4.48. The molecule has 0 spiro atoms. The van der Waals surface area contributed by atoms with Crippen LogP contribution in [0.25, 0.3) is 11.1 Å². The highest BCUT2D eigenvalue weighted by atomic mass is 16.5. The fourth-order valence-electron chi connectivity index (χ4n) is 3.85. The smallest absolute Gasteiger partial charge is 0.0753 e. The van der Waals surface area contributed by atoms with Crippen molar-refractivity contribution >= 4 is 5.69 Å². The zero-order valence-electron chi connectivity index (χ0n) is 15.9. The van der Waals surface area contributed by atoms with Crippen molar-refractivity contribution in [3.05, 3.63) is 36.2 Å². The van der Waals surface area contributed by atoms with E-state index in [0.29, 0.717) is 12.0 Å². The molecule has 0 bridgehead atoms. The van der Waals surface area contributed by atoms with Crippen LogP contribution >= 0.6 is 0 Å². The van der Waals surface area contributed by atoms with E-state index in [-0.39, 0.29) is 0 Å². The first-order valence-corrected chi connectivity index (χ1v) is 9.82. The first kappa shape index (κ1) is 17.6. The summed E-state index contributed by atoms with van der Waals surface area (Å²) < 4.78 is 13.3. The Kier molecular flexibility index (Phi) is 5.27. The third-order valence-corrected chi connectivity index (χ3v) is 5.37. The summed E-state index contributed by atoms with van der Waals surface area (Å²) in [5.41, 5.74) is 4.94. The Hall–Kier alpha value is -1.85. The number of ether oxygens (including phenoxy) is 2. The first-order chi connectivity index (χ1) is 12.7. The van der Waals surface area contributed by atoms with E-state index in [2.05, 4.69) is 53.9 Å². The SMILES string of the molecule is CC(C)c1nn(C2CCCOC2)cc1-c1ccc(N2CCOCC2)cc1. The molecule has 1 aromatic heterocycles. The van der Waals surface area contributed by atoms with Gasteiger partial charge in [0.25, 0.3) is 0 Å². The zero-order chi connectivity index (χ0) is 17.9. The van der Waals surface area contributed by atoms with Crippen LogP contribution in [0.3, 0.4) is 0 Å². The Balaban J connectivity index is 1.60. The van der Waals surface area contributed by atoms with Crippen LogP contribution in [0.15, 0.2) is 30.5 Å². The molecular formula is C21H29N3O2. The zero-order valence-corrected chi connectivity index (χ0v) is 15.9. The van der Waals surface area contributed by atoms with E-state index in [0.717, 1.165) is 52.4 Å². The average molecular weight is 355 g/mol. The molecular weight excluding hydrogens is 326 g/mol. The van der Waals surface area contributed by atoms with E-state index in [1.807, 2.05) is 0 Å². The number of aromatic nitrogens is 2. The van der Waals surface area contributed by atoms with Gasteiger partial charge >= 0.3 is 0 Å². The molecule has 3 heterocycles. The van der Waals surface area contributed by atoms with Gasteiger partial charge in [-0.1, -0.05) is 26.0 Å². The molecule has 2 saturated heterocycles. The number of rotatable bonds is 4. The maximum absolute atomic E-state index is 5.66. The van der Waals surface area contributed by atoms with E-state index >= 15 is 0 Å². The second-order valence-corrected chi connectivity index (χ2v) is 7.58. The minimum Gasteiger partial charge on any atom is -0.379 e. The van der Waals surface area contributed by atoms with Crippen LogP contribution in [0.5, 0.6) is 0 Å². The summed E-state index contributed by atoms with van der Waals surface area (Å²) >= 11 is 0. The van der Waals surface area contributed by atoms with Crippen molar-refractivity contribution in [2.75, 3.05) is 44.4 Å². The Morgan fingerprint density at radius 1 is 1.04 bits per heavy atom. The van der Waals surface area contributed by atoms with Crippen molar-refractivity contribution in [3.63, 3.8) is 0 Å². The molecule has 2 aliphatic heterocycles. The van der Waals surface area contributed by atoms with E-state index in [1.54, 1.807) is 0 Å². The largest absolute Gasteiger partial charge is 0.379 e. The van der Waals surface area contributed by atoms with Gasteiger partial charge in [-0.3, -0.25) is 4.68 Å². The second-order valence-electron chi connectivity index (χ2n) is 7.58. The van der Waals surface area contributed by atoms with E-state index in [1.165, 1.54) is 22.5 Å². The van der Waals surface area contributed by atoms with Crippen LogP contribution in [0, 0.1) is 0 Å². The van der Waals surface area contributed by atoms with Crippen LogP contribution in [0.2, 0.25) is 0 Å². The van der Waals surface area contributed by atoms with Gasteiger partial charge in [0.2, 0.25) is 0 Å². The van der Waals surface area contributed by atoms with Gasteiger partial charge in [-0.05, 0) is 36.5 Å². The standard InChI is InChI=1S/C21H29N3O2/c1-16(2)21-20(14-24(22-21)19-4-3-11-26-15-19)17-5-7-18(8-6-17)23-9-12-25-13-10-23/h5-8,14,16,19H,3-4,9-13,15H2,1-2H3. The third kappa shape index (κ3) is 3.64. The van der Waals surface area contributed by atoms with Gasteiger partial charge in [0, 0.05) is 37.1 Å². The molecule has 26 heavy (non-hydrogen) atoms. The molecule has 4 rings (SSSR count). The summed E-state index contributed by atoms with van der Waals surface area (Å²) in [5, 5.41) is 4.93. The molecule has 2 aliphatic rings. The van der Waals surface area contributed by atoms with Crippen molar-refractivity contribution in [1.29, 1.82) is 0 Å². The number of hydrogen-bond donors (Lipinski definition) is 0. The van der Waals surface area contributed by atoms with Crippen LogP contribution in [0.4, 0.5) is 5.69 Å². The summed E-state index contributed by atoms with van der Waals surface area (Å²) in [4.78, 5) is 2.39. The Bertz CT molecular complexity index is 711. The molecule has 5 nitrogen and oxygen atoms in total. The highest BCUT2D eigenvalue weighted by Crippen LogP contribution is 2.32. The number of morpholine rings is 1. The van der Waals surface area contributed by atoms with Crippen molar-refractivity contribution in [2.24, 2.45) is 0 Å². The highest BCUT2D eigenvalue weighted by molar-refractivity contribution is 5.68. The molecule has 2 fully saturated rings. The lowest BCUT2D eigenvalue weighted by Gasteiger charge is -2.28. The van der Waals surface area contributed by atoms with E-state index in [4.69, 9.17) is 14.6 Å². The molecule has 0 radical (unpaired) electrons. The van der Waals surface area contributed by atoms with Gasteiger partial charge in [-0.15, -0.1) is 0 Å². The topological polar surface area (TPSA) is 39.5 Å². The van der Waals surface area contributed by atoms with Crippen molar-refractivity contribution in [2.45, 2.75) is 38.6 Å². The molecule has 1 aromatic carbocycles. The lowest BCUT2D eigenvalue weighted by molar-refractivity contribution is 0.0548. The van der Waals surface area contributed by atoms with Gasteiger partial charge in [-0.25, -0.2) is 0 Å². The number of benzene rings is 1. The van der Waals surface area contributed by atoms with Crippen molar-refractivity contribution in [1.82, 2.24) is 9.78 Å². The maximum Gasteiger partial charge on any atom is 0.0753 e. The van der Waals surface area contributed by atoms with Crippen molar-refractivity contribution < 1.29 is 9.47 Å². The average Bonchev–Trinajstić information content (AvgIpc) is 3.15. The summed E-state index contributed by atoms with van der Waals surface area (Å²) in [6, 6.07) is 9.28. The number of nitrogens with zero attached hydrogens (tertiary/aromatic N) is 3. The summed E-state index contributed by atoms with van der Waals surface area (Å²) in [5.74, 6) is 0.398. The minimum absolute atomic E-state index is 0.364. The predicted molar refractivity (Wildman–Crippen MR) is 104 cm³/mol. The van der Waals surface area contributed by atoms with Crippen LogP contribution in [-0.2, 0) is 9.47 Å². The highest BCUT2D eigenvalue weighted by Gasteiger charge is 2.21. The lowest BCUT2D eigenvalue weighted by Crippen LogP contribution is -2.36. The van der Waals surface area contributed by atoms with Crippen molar-refractivity contribution in [3.8, 4) is 11.1 Å². The fraction of sp³-hybridized carbons (Fsp3) is 0.571. The molecule has 1 atom stereocenters. The third-order valence-electron chi connectivity index (χ3n) is 5.37. The molecule has 0 aliphatic carbocycles. The van der Waals surface area contributed by atoms with Gasteiger partial charge in [0.15, 0.2) is 0 Å². The minimum atomic E-state index is 0.364. The van der Waals surface area contributed by atoms with Crippen LogP contribution < -0.4 is 4.90 Å². The fourth-order valence-corrected chi connectivity index (χ4v) is 3.85. The van der Waals surface area contributed by atoms with Gasteiger partial charge in [0.05, 0.1) is 31.6 Å². The quantitative estimate of drug-likeness (QED) is 0.835. The molecule has 2 aromatic rings. The van der Waals surface area contributed by atoms with Gasteiger partial charge in [-0.2, -0.15) is 5.10 Å². The van der Waals surface area contributed by atoms with Crippen LogP contribution in [-0.4, -0.2) is 49.3 Å². The molecule has 5 heteroatoms. The second kappa shape index (κ2) is 7.80. The number of anilines is 1. The number of hydrogen-bond acceptors (Lipinski definition) is 4. The molecule has 0 saturated carbocycles. The molecule has 140 valence electrons. The summed E-state index contributed by atoms with van der Waals surface area (Å²) in [7, 11) is 0. The molecule has 1 unspecified atom stereocenters. The molecule has 0 N–H and O–H groups in total. The molecule has 0 amide bonds. The van der Waals surface area contributed by atoms with E-state index < -0.39 is 0 Å². The monoisotopic (exact) mass is 355 g/mol. The predicted octanol–water partition coefficient (Wildman–Crippen LogP) is 3.86. The van der Waals surface area contributed by atoms with Gasteiger partial charge in [0.1, 0.15) is 0 Å². The Morgan fingerprint density at radius 3 is 2.46 bits per heavy atom.